The number of benzene rings is 2. The van der Waals surface area contributed by atoms with Gasteiger partial charge in [0, 0.05) is 6.61 Å². The van der Waals surface area contributed by atoms with Gasteiger partial charge < -0.3 is 32.9 Å². The Morgan fingerprint density at radius 2 is 1.45 bits per heavy atom. The van der Waals surface area contributed by atoms with Crippen LogP contribution in [-0.4, -0.2) is 32.2 Å². The van der Waals surface area contributed by atoms with E-state index in [1.165, 1.54) is 14.2 Å². The molecule has 5 rings (SSSR count). The van der Waals surface area contributed by atoms with Gasteiger partial charge in [0.05, 0.1) is 42.0 Å². The van der Waals surface area contributed by atoms with Crippen LogP contribution in [0, 0.1) is 0 Å². The molecule has 2 atom stereocenters. The Hall–Kier alpha value is -3.98. The van der Waals surface area contributed by atoms with Gasteiger partial charge in [-0.3, -0.25) is 0 Å². The van der Waals surface area contributed by atoms with E-state index >= 15 is 0 Å². The minimum absolute atomic E-state index is 0.0547. The third kappa shape index (κ3) is 3.04. The van der Waals surface area contributed by atoms with Gasteiger partial charge in [0.1, 0.15) is 11.5 Å². The Balaban J connectivity index is 1.83. The summed E-state index contributed by atoms with van der Waals surface area (Å²) in [5.41, 5.74) is -1.39. The zero-order valence-electron chi connectivity index (χ0n) is 18.0. The number of fused-ring (bicyclic) bond motifs is 4. The zero-order valence-corrected chi connectivity index (χ0v) is 18.0. The second-order valence-electron chi connectivity index (χ2n) is 7.38. The first-order chi connectivity index (χ1) is 16.0. The van der Waals surface area contributed by atoms with Crippen molar-refractivity contribution in [2.75, 3.05) is 20.8 Å². The fourth-order valence-electron chi connectivity index (χ4n) is 4.27. The highest BCUT2D eigenvalue weighted by molar-refractivity contribution is 5.91. The summed E-state index contributed by atoms with van der Waals surface area (Å²) in [4.78, 5) is 26.2. The summed E-state index contributed by atoms with van der Waals surface area (Å²) in [6.07, 6.45) is -1.07. The molecule has 2 aromatic heterocycles. The van der Waals surface area contributed by atoms with E-state index in [1.807, 2.05) is 0 Å². The Kier molecular flexibility index (Phi) is 4.98. The molecule has 0 amide bonds. The van der Waals surface area contributed by atoms with Crippen molar-refractivity contribution in [2.24, 2.45) is 0 Å². The van der Waals surface area contributed by atoms with Crippen molar-refractivity contribution in [2.45, 2.75) is 19.1 Å². The molecule has 170 valence electrons. The largest absolute Gasteiger partial charge is 0.507 e. The minimum atomic E-state index is -1.08. The van der Waals surface area contributed by atoms with E-state index in [2.05, 4.69) is 0 Å². The number of ether oxygens (including phenoxy) is 4. The average Bonchev–Trinajstić information content (AvgIpc) is 3.18. The highest BCUT2D eigenvalue weighted by Gasteiger charge is 2.44. The lowest BCUT2D eigenvalue weighted by Gasteiger charge is -2.19. The predicted octanol–water partition coefficient (Wildman–Crippen LogP) is 3.51. The molecule has 0 saturated heterocycles. The Labute approximate surface area is 186 Å². The van der Waals surface area contributed by atoms with E-state index in [9.17, 15) is 14.7 Å². The van der Waals surface area contributed by atoms with Crippen LogP contribution in [0.5, 0.6) is 23.0 Å². The van der Waals surface area contributed by atoms with E-state index in [4.69, 9.17) is 27.8 Å². The predicted molar refractivity (Wildman–Crippen MR) is 118 cm³/mol. The summed E-state index contributed by atoms with van der Waals surface area (Å²) in [5.74, 6) is -0.593. The molecule has 2 aromatic carbocycles. The van der Waals surface area contributed by atoms with Crippen LogP contribution in [0.1, 0.15) is 24.0 Å². The van der Waals surface area contributed by atoms with Gasteiger partial charge in [0.25, 0.3) is 0 Å². The second-order valence-corrected chi connectivity index (χ2v) is 7.38. The molecular formula is C24H20O9. The van der Waals surface area contributed by atoms with Gasteiger partial charge in [-0.2, -0.15) is 0 Å². The highest BCUT2D eigenvalue weighted by Crippen LogP contribution is 2.48. The SMILES string of the molecule is CCOC1Oc2c(c(=O)oc3c(OC)cccc23)C1c1c(O)c2cccc(OC)c2oc1=O. The number of methoxy groups -OCH3 is 2. The van der Waals surface area contributed by atoms with Crippen LogP contribution in [0.3, 0.4) is 0 Å². The molecule has 0 aliphatic carbocycles. The molecular weight excluding hydrogens is 432 g/mol. The van der Waals surface area contributed by atoms with Gasteiger partial charge in [-0.15, -0.1) is 0 Å². The van der Waals surface area contributed by atoms with E-state index in [0.29, 0.717) is 11.1 Å². The monoisotopic (exact) mass is 452 g/mol. The molecule has 1 N–H and O–H groups in total. The van der Waals surface area contributed by atoms with Crippen LogP contribution < -0.4 is 25.5 Å². The maximum Gasteiger partial charge on any atom is 0.344 e. The summed E-state index contributed by atoms with van der Waals surface area (Å²) in [6.45, 7) is 1.98. The van der Waals surface area contributed by atoms with Gasteiger partial charge in [-0.05, 0) is 31.2 Å². The van der Waals surface area contributed by atoms with Crippen molar-refractivity contribution >= 4 is 21.9 Å². The number of hydrogen-bond donors (Lipinski definition) is 1. The van der Waals surface area contributed by atoms with Crippen molar-refractivity contribution in [3.8, 4) is 23.0 Å². The molecule has 9 nitrogen and oxygen atoms in total. The number of para-hydroxylation sites is 2. The molecule has 0 spiro atoms. The van der Waals surface area contributed by atoms with Gasteiger partial charge >= 0.3 is 11.3 Å². The van der Waals surface area contributed by atoms with E-state index in [-0.39, 0.29) is 51.5 Å². The van der Waals surface area contributed by atoms with Crippen molar-refractivity contribution < 1.29 is 32.9 Å². The first kappa shape index (κ1) is 20.9. The van der Waals surface area contributed by atoms with E-state index in [0.717, 1.165) is 0 Å². The Bertz CT molecular complexity index is 1500. The fraction of sp³-hybridized carbons (Fsp3) is 0.250. The molecule has 9 heteroatoms. The maximum atomic E-state index is 13.1. The van der Waals surface area contributed by atoms with Crippen LogP contribution in [0.2, 0.25) is 0 Å². The third-order valence-electron chi connectivity index (χ3n) is 5.69. The summed E-state index contributed by atoms with van der Waals surface area (Å²) in [7, 11) is 2.89. The second kappa shape index (κ2) is 7.86. The lowest BCUT2D eigenvalue weighted by Crippen LogP contribution is -2.29. The normalized spacial score (nSPS) is 17.2. The molecule has 0 radical (unpaired) electrons. The van der Waals surface area contributed by atoms with Gasteiger partial charge in [0.2, 0.25) is 6.29 Å². The van der Waals surface area contributed by atoms with Gasteiger partial charge in [0.15, 0.2) is 22.7 Å². The first-order valence-electron chi connectivity index (χ1n) is 10.2. The zero-order chi connectivity index (χ0) is 23.3. The van der Waals surface area contributed by atoms with Gasteiger partial charge in [-0.1, -0.05) is 12.1 Å². The van der Waals surface area contributed by atoms with Crippen molar-refractivity contribution in [1.29, 1.82) is 0 Å². The highest BCUT2D eigenvalue weighted by atomic mass is 16.7. The number of rotatable bonds is 5. The van der Waals surface area contributed by atoms with Crippen LogP contribution in [0.4, 0.5) is 0 Å². The quantitative estimate of drug-likeness (QED) is 0.454. The summed E-state index contributed by atoms with van der Waals surface area (Å²) in [6, 6.07) is 9.93. The molecule has 3 heterocycles. The van der Waals surface area contributed by atoms with Crippen LogP contribution in [0.25, 0.3) is 21.9 Å². The van der Waals surface area contributed by atoms with Crippen LogP contribution >= 0.6 is 0 Å². The van der Waals surface area contributed by atoms with E-state index in [1.54, 1.807) is 43.3 Å². The molecule has 33 heavy (non-hydrogen) atoms. The lowest BCUT2D eigenvalue weighted by atomic mass is 9.92. The van der Waals surface area contributed by atoms with Crippen molar-refractivity contribution in [3.05, 3.63) is 68.4 Å². The number of hydrogen-bond acceptors (Lipinski definition) is 9. The summed E-state index contributed by atoms with van der Waals surface area (Å²) < 4.78 is 33.4. The topological polar surface area (TPSA) is 118 Å². The molecule has 1 aliphatic heterocycles. The average molecular weight is 452 g/mol. The van der Waals surface area contributed by atoms with Crippen LogP contribution in [0.15, 0.2) is 54.8 Å². The van der Waals surface area contributed by atoms with Crippen molar-refractivity contribution in [1.82, 2.24) is 0 Å². The fourth-order valence-corrected chi connectivity index (χ4v) is 4.27. The van der Waals surface area contributed by atoms with E-state index < -0.39 is 23.5 Å². The molecule has 1 aliphatic rings. The summed E-state index contributed by atoms with van der Waals surface area (Å²) in [5, 5.41) is 11.9. The summed E-state index contributed by atoms with van der Waals surface area (Å²) >= 11 is 0. The molecule has 2 unspecified atom stereocenters. The van der Waals surface area contributed by atoms with Gasteiger partial charge in [-0.25, -0.2) is 9.59 Å². The molecule has 0 bridgehead atoms. The van der Waals surface area contributed by atoms with Crippen LogP contribution in [-0.2, 0) is 4.74 Å². The molecule has 0 saturated carbocycles. The Morgan fingerprint density at radius 1 is 0.879 bits per heavy atom. The standard InChI is InChI=1S/C24H20O9/c1-4-30-24-15(16-18(25)11-7-5-9-13(28-2)19(11)31-22(16)26)17-21(33-24)12-8-6-10-14(29-3)20(12)32-23(17)27/h5-10,15,24-25H,4H2,1-3H3. The Morgan fingerprint density at radius 3 is 2.06 bits per heavy atom. The third-order valence-corrected chi connectivity index (χ3v) is 5.69. The van der Waals surface area contributed by atoms with Crippen molar-refractivity contribution in [3.63, 3.8) is 0 Å². The lowest BCUT2D eigenvalue weighted by molar-refractivity contribution is -0.0698. The molecule has 0 fully saturated rings. The maximum absolute atomic E-state index is 13.1. The first-order valence-corrected chi connectivity index (χ1v) is 10.2. The number of aromatic hydroxyl groups is 1. The molecule has 4 aromatic rings. The minimum Gasteiger partial charge on any atom is -0.507 e. The smallest absolute Gasteiger partial charge is 0.344 e.